The van der Waals surface area contributed by atoms with Crippen LogP contribution in [0.15, 0.2) is 30.3 Å². The van der Waals surface area contributed by atoms with Crippen LogP contribution in [-0.4, -0.2) is 75.5 Å². The van der Waals surface area contributed by atoms with E-state index in [2.05, 4.69) is 19.8 Å². The minimum absolute atomic E-state index is 0.215. The number of hydrogen-bond donors (Lipinski definition) is 3. The summed E-state index contributed by atoms with van der Waals surface area (Å²) in [5, 5.41) is 11.8. The van der Waals surface area contributed by atoms with Gasteiger partial charge in [-0.2, -0.15) is 0 Å². The molecule has 3 aliphatic rings. The zero-order valence-electron chi connectivity index (χ0n) is 21.4. The summed E-state index contributed by atoms with van der Waals surface area (Å²) in [5.74, 6) is -1.60. The monoisotopic (exact) mass is 543 g/mol. The second kappa shape index (κ2) is 10.4. The Hall–Kier alpha value is -3.38. The van der Waals surface area contributed by atoms with Gasteiger partial charge >= 0.3 is 5.97 Å². The van der Waals surface area contributed by atoms with E-state index < -0.39 is 21.7 Å². The number of benzene rings is 1. The zero-order chi connectivity index (χ0) is 26.9. The molecule has 0 unspecified atom stereocenters. The van der Waals surface area contributed by atoms with Crippen LogP contribution in [0.25, 0.3) is 0 Å². The van der Waals surface area contributed by atoms with Crippen molar-refractivity contribution in [1.29, 1.82) is 0 Å². The van der Waals surface area contributed by atoms with Gasteiger partial charge in [0.05, 0.1) is 30.2 Å². The summed E-state index contributed by atoms with van der Waals surface area (Å²) >= 11 is 0. The van der Waals surface area contributed by atoms with Gasteiger partial charge in [-0.1, -0.05) is 6.07 Å². The molecule has 0 bridgehead atoms. The van der Waals surface area contributed by atoms with Gasteiger partial charge in [0.2, 0.25) is 10.0 Å². The number of pyridine rings is 1. The molecule has 2 aromatic rings. The van der Waals surface area contributed by atoms with Gasteiger partial charge in [-0.05, 0) is 67.9 Å². The Balaban J connectivity index is 1.40. The molecule has 11 nitrogen and oxygen atoms in total. The summed E-state index contributed by atoms with van der Waals surface area (Å²) in [6.07, 6.45) is 4.50. The van der Waals surface area contributed by atoms with Crippen LogP contribution in [0.3, 0.4) is 0 Å². The number of aromatic nitrogens is 1. The molecule has 2 aliphatic heterocycles. The minimum atomic E-state index is -4.08. The van der Waals surface area contributed by atoms with E-state index in [1.54, 1.807) is 18.2 Å². The smallest absolute Gasteiger partial charge is 0.320 e. The molecular formula is C26H33N5O6S. The van der Waals surface area contributed by atoms with Crippen molar-refractivity contribution in [3.63, 3.8) is 0 Å². The van der Waals surface area contributed by atoms with Crippen molar-refractivity contribution in [2.45, 2.75) is 32.6 Å². The number of piperidine rings is 1. The normalized spacial score (nSPS) is 18.8. The van der Waals surface area contributed by atoms with Crippen molar-refractivity contribution in [3.8, 4) is 0 Å². The number of hydrogen-bond acceptors (Lipinski definition) is 8. The van der Waals surface area contributed by atoms with Gasteiger partial charge in [0.25, 0.3) is 5.91 Å². The van der Waals surface area contributed by atoms with Crippen molar-refractivity contribution in [2.75, 3.05) is 65.0 Å². The Kier molecular flexibility index (Phi) is 7.19. The van der Waals surface area contributed by atoms with E-state index in [9.17, 15) is 18.0 Å². The maximum absolute atomic E-state index is 13.5. The lowest BCUT2D eigenvalue weighted by molar-refractivity contribution is -0.134. The number of anilines is 4. The van der Waals surface area contributed by atoms with E-state index in [0.717, 1.165) is 50.4 Å². The second-order valence-electron chi connectivity index (χ2n) is 10.4. The first kappa shape index (κ1) is 26.2. The minimum Gasteiger partial charge on any atom is -0.480 e. The molecule has 1 spiro atoms. The molecule has 1 aromatic heterocycles. The number of carbonyl (C=O) groups excluding carboxylic acids is 1. The highest BCUT2D eigenvalue weighted by atomic mass is 32.2. The molecule has 3 heterocycles. The number of nitrogens with one attached hydrogen (secondary N) is 2. The van der Waals surface area contributed by atoms with Crippen LogP contribution in [0.2, 0.25) is 0 Å². The van der Waals surface area contributed by atoms with Crippen LogP contribution in [-0.2, 0) is 19.6 Å². The molecule has 38 heavy (non-hydrogen) atoms. The van der Waals surface area contributed by atoms with Gasteiger partial charge in [-0.3, -0.25) is 14.3 Å². The van der Waals surface area contributed by atoms with E-state index in [1.165, 1.54) is 18.9 Å². The summed E-state index contributed by atoms with van der Waals surface area (Å²) in [4.78, 5) is 33.4. The maximum atomic E-state index is 13.5. The molecular weight excluding hydrogens is 510 g/mol. The van der Waals surface area contributed by atoms with E-state index in [1.807, 2.05) is 13.0 Å². The van der Waals surface area contributed by atoms with Gasteiger partial charge in [-0.15, -0.1) is 0 Å². The highest BCUT2D eigenvalue weighted by Gasteiger charge is 2.44. The number of amides is 1. The first-order valence-electron chi connectivity index (χ1n) is 12.9. The topological polar surface area (TPSA) is 141 Å². The molecule has 1 aromatic carbocycles. The van der Waals surface area contributed by atoms with E-state index in [4.69, 9.17) is 14.8 Å². The lowest BCUT2D eigenvalue weighted by atomic mass is 9.93. The van der Waals surface area contributed by atoms with Gasteiger partial charge in [0.1, 0.15) is 11.6 Å². The molecule has 3 N–H and O–H groups in total. The van der Waals surface area contributed by atoms with Crippen molar-refractivity contribution in [3.05, 3.63) is 41.5 Å². The molecule has 1 saturated carbocycles. The number of carbonyl (C=O) groups is 2. The van der Waals surface area contributed by atoms with Crippen LogP contribution in [0.5, 0.6) is 0 Å². The third kappa shape index (κ3) is 6.02. The number of nitrogens with zero attached hydrogens (tertiary/aromatic N) is 3. The number of aliphatic carboxylic acids is 1. The number of aryl methyl sites for hydroxylation is 1. The molecule has 1 aliphatic carbocycles. The van der Waals surface area contributed by atoms with Gasteiger partial charge in [-0.25, -0.2) is 13.4 Å². The van der Waals surface area contributed by atoms with Gasteiger partial charge in [0.15, 0.2) is 5.75 Å². The molecule has 204 valence electrons. The summed E-state index contributed by atoms with van der Waals surface area (Å²) in [5.41, 5.74) is 2.64. The Morgan fingerprint density at radius 3 is 2.39 bits per heavy atom. The van der Waals surface area contributed by atoms with Crippen molar-refractivity contribution < 1.29 is 27.9 Å². The number of sulfonamides is 1. The summed E-state index contributed by atoms with van der Waals surface area (Å²) in [6.45, 7) is 6.21. The number of carboxylic acids is 1. The molecule has 12 heteroatoms. The number of ether oxygens (including phenoxy) is 1. The van der Waals surface area contributed by atoms with Crippen molar-refractivity contribution >= 4 is 44.9 Å². The predicted molar refractivity (Wildman–Crippen MR) is 145 cm³/mol. The number of rotatable bonds is 8. The van der Waals surface area contributed by atoms with Crippen molar-refractivity contribution in [2.24, 2.45) is 5.41 Å². The summed E-state index contributed by atoms with van der Waals surface area (Å²) in [6, 6.07) is 8.35. The lowest BCUT2D eigenvalue weighted by Crippen LogP contribution is -2.37. The molecule has 0 atom stereocenters. The largest absolute Gasteiger partial charge is 0.480 e. The predicted octanol–water partition coefficient (Wildman–Crippen LogP) is 2.69. The van der Waals surface area contributed by atoms with E-state index in [-0.39, 0.29) is 11.6 Å². The Bertz CT molecular complexity index is 1330. The summed E-state index contributed by atoms with van der Waals surface area (Å²) in [7, 11) is -4.08. The van der Waals surface area contributed by atoms with Gasteiger partial charge < -0.3 is 25.0 Å². The highest BCUT2D eigenvalue weighted by Crippen LogP contribution is 2.54. The highest BCUT2D eigenvalue weighted by molar-refractivity contribution is 7.93. The fourth-order valence-corrected chi connectivity index (χ4v) is 6.08. The standard InChI is InChI=1S/C26H33N5O6S/c1-18-2-5-22(27-24(18)31-12-14-37-15-13-31)28-25(34)20-4-3-19(29-38(35,36)17-23(32)33)16-21(20)30-10-8-26(6-7-26)9-11-30/h2-5,16,29H,6-15,17H2,1H3,(H,32,33)(H,27,28,34). The lowest BCUT2D eigenvalue weighted by Gasteiger charge is -2.35. The molecule has 0 radical (unpaired) electrons. The third-order valence-corrected chi connectivity index (χ3v) is 8.75. The van der Waals surface area contributed by atoms with Crippen LogP contribution >= 0.6 is 0 Å². The molecule has 2 saturated heterocycles. The number of morpholine rings is 1. The number of carboxylic acid groups (broad SMARTS) is 1. The van der Waals surface area contributed by atoms with Crippen LogP contribution in [0.1, 0.15) is 41.6 Å². The maximum Gasteiger partial charge on any atom is 0.320 e. The van der Waals surface area contributed by atoms with Crippen LogP contribution in [0.4, 0.5) is 23.0 Å². The summed E-state index contributed by atoms with van der Waals surface area (Å²) < 4.78 is 32.2. The quantitative estimate of drug-likeness (QED) is 0.458. The Morgan fingerprint density at radius 1 is 1.03 bits per heavy atom. The zero-order valence-corrected chi connectivity index (χ0v) is 22.2. The first-order chi connectivity index (χ1) is 18.1. The fraction of sp³-hybridized carbons (Fsp3) is 0.500. The van der Waals surface area contributed by atoms with Crippen molar-refractivity contribution in [1.82, 2.24) is 4.98 Å². The van der Waals surface area contributed by atoms with Crippen LogP contribution < -0.4 is 19.8 Å². The molecule has 5 rings (SSSR count). The average molecular weight is 544 g/mol. The average Bonchev–Trinajstić information content (AvgIpc) is 3.63. The Morgan fingerprint density at radius 2 is 1.74 bits per heavy atom. The SMILES string of the molecule is Cc1ccc(NC(=O)c2ccc(NS(=O)(=O)CC(=O)O)cc2N2CCC3(CC2)CC3)nc1N1CCOCC1. The van der Waals surface area contributed by atoms with Crippen LogP contribution in [0, 0.1) is 12.3 Å². The van der Waals surface area contributed by atoms with E-state index in [0.29, 0.717) is 35.7 Å². The molecule has 3 fully saturated rings. The Labute approximate surface area is 222 Å². The fourth-order valence-electron chi connectivity index (χ4n) is 5.19. The second-order valence-corrected chi connectivity index (χ2v) is 12.1. The molecule has 1 amide bonds. The van der Waals surface area contributed by atoms with E-state index >= 15 is 0 Å². The van der Waals surface area contributed by atoms with Gasteiger partial charge in [0, 0.05) is 26.2 Å². The first-order valence-corrected chi connectivity index (χ1v) is 14.5. The third-order valence-electron chi connectivity index (χ3n) is 7.57.